The van der Waals surface area contributed by atoms with E-state index in [-0.39, 0.29) is 6.79 Å². The predicted molar refractivity (Wildman–Crippen MR) is 96.1 cm³/mol. The van der Waals surface area contributed by atoms with Crippen molar-refractivity contribution >= 4 is 10.8 Å². The zero-order valence-corrected chi connectivity index (χ0v) is 14.8. The minimum atomic E-state index is 0.230. The molecule has 0 radical (unpaired) electrons. The molecular formula is C19H16N5O3+. The van der Waals surface area contributed by atoms with Gasteiger partial charge in [-0.1, -0.05) is 5.21 Å². The van der Waals surface area contributed by atoms with E-state index in [9.17, 15) is 0 Å². The normalized spacial score (nSPS) is 12.5. The second kappa shape index (κ2) is 5.94. The van der Waals surface area contributed by atoms with Crippen LogP contribution in [0.25, 0.3) is 28.0 Å². The van der Waals surface area contributed by atoms with Gasteiger partial charge in [-0.2, -0.15) is 4.57 Å². The van der Waals surface area contributed by atoms with Crippen molar-refractivity contribution in [3.63, 3.8) is 0 Å². The number of hydrogen-bond acceptors (Lipinski definition) is 6. The van der Waals surface area contributed by atoms with Crippen LogP contribution in [0, 0.1) is 6.92 Å². The van der Waals surface area contributed by atoms with Gasteiger partial charge in [0.2, 0.25) is 6.79 Å². The third kappa shape index (κ3) is 2.45. The van der Waals surface area contributed by atoms with Gasteiger partial charge in [-0.25, -0.2) is 0 Å². The fourth-order valence-electron chi connectivity index (χ4n) is 3.41. The number of rotatable bonds is 3. The van der Waals surface area contributed by atoms with Crippen LogP contribution in [0.3, 0.4) is 0 Å². The second-order valence-electron chi connectivity index (χ2n) is 6.20. The highest BCUT2D eigenvalue weighted by molar-refractivity contribution is 5.95. The Kier molecular flexibility index (Phi) is 3.43. The lowest BCUT2D eigenvalue weighted by atomic mass is 10.0. The lowest BCUT2D eigenvalue weighted by Crippen LogP contribution is -2.38. The number of H-pyrrole nitrogens is 1. The molecule has 0 saturated carbocycles. The topological polar surface area (TPSA) is 86.0 Å². The molecule has 2 aromatic carbocycles. The van der Waals surface area contributed by atoms with E-state index in [0.717, 1.165) is 45.0 Å². The molecule has 2 aromatic heterocycles. The van der Waals surface area contributed by atoms with E-state index in [1.54, 1.807) is 7.11 Å². The maximum Gasteiger partial charge on any atom is 0.483 e. The zero-order chi connectivity index (χ0) is 18.4. The Morgan fingerprint density at radius 1 is 1.07 bits per heavy atom. The molecule has 0 bridgehead atoms. The maximum absolute atomic E-state index is 5.59. The monoisotopic (exact) mass is 362 g/mol. The number of tetrazole rings is 1. The van der Waals surface area contributed by atoms with Gasteiger partial charge in [-0.3, -0.25) is 0 Å². The number of ether oxygens (including phenoxy) is 3. The van der Waals surface area contributed by atoms with Crippen LogP contribution in [0.5, 0.6) is 17.2 Å². The highest BCUT2D eigenvalue weighted by Gasteiger charge is 2.25. The van der Waals surface area contributed by atoms with Crippen LogP contribution < -0.4 is 18.8 Å². The van der Waals surface area contributed by atoms with Crippen molar-refractivity contribution in [3.05, 3.63) is 48.2 Å². The molecule has 0 unspecified atom stereocenters. The number of methoxy groups -OCH3 is 1. The number of nitrogens with zero attached hydrogens (tertiary/aromatic N) is 4. The van der Waals surface area contributed by atoms with Gasteiger partial charge in [0, 0.05) is 21.3 Å². The summed E-state index contributed by atoms with van der Waals surface area (Å²) in [5.74, 6) is 2.73. The summed E-state index contributed by atoms with van der Waals surface area (Å²) in [5.41, 5.74) is 2.90. The lowest BCUT2D eigenvalue weighted by molar-refractivity contribution is -0.597. The molecule has 0 atom stereocenters. The van der Waals surface area contributed by atoms with Crippen molar-refractivity contribution < 1.29 is 18.8 Å². The largest absolute Gasteiger partial charge is 0.497 e. The van der Waals surface area contributed by atoms with Crippen molar-refractivity contribution in [2.24, 2.45) is 0 Å². The van der Waals surface area contributed by atoms with Gasteiger partial charge in [-0.15, -0.1) is 0 Å². The summed E-state index contributed by atoms with van der Waals surface area (Å²) in [6.07, 6.45) is 0. The summed E-state index contributed by atoms with van der Waals surface area (Å²) in [6, 6.07) is 13.9. The summed E-state index contributed by atoms with van der Waals surface area (Å²) in [4.78, 5) is 0. The van der Waals surface area contributed by atoms with Crippen LogP contribution in [0.4, 0.5) is 0 Å². The third-order valence-electron chi connectivity index (χ3n) is 4.64. The van der Waals surface area contributed by atoms with Crippen molar-refractivity contribution in [1.29, 1.82) is 0 Å². The number of pyridine rings is 1. The van der Waals surface area contributed by atoms with Crippen molar-refractivity contribution in [2.75, 3.05) is 13.9 Å². The molecule has 0 amide bonds. The number of aromatic amines is 1. The quantitative estimate of drug-likeness (QED) is 0.563. The average molecular weight is 362 g/mol. The number of benzene rings is 2. The number of hydrogen-bond donors (Lipinski definition) is 1. The van der Waals surface area contributed by atoms with Gasteiger partial charge in [-0.05, 0) is 54.8 Å². The lowest BCUT2D eigenvalue weighted by Gasteiger charge is -2.13. The summed E-state index contributed by atoms with van der Waals surface area (Å²) in [5, 5.41) is 16.7. The summed E-state index contributed by atoms with van der Waals surface area (Å²) in [7, 11) is 1.65. The van der Waals surface area contributed by atoms with Crippen molar-refractivity contribution in [2.45, 2.75) is 6.92 Å². The molecule has 0 fully saturated rings. The molecule has 27 heavy (non-hydrogen) atoms. The molecule has 1 aliphatic rings. The SMILES string of the molecule is COc1ccc(-c2c3cc4c(cc3cc(C)[n+]2-c2nn[nH]n2)OCO4)cc1. The highest BCUT2D eigenvalue weighted by Crippen LogP contribution is 2.39. The molecule has 4 aromatic rings. The number of nitrogens with one attached hydrogen (secondary N) is 1. The fraction of sp³-hybridized carbons (Fsp3) is 0.158. The first-order valence-corrected chi connectivity index (χ1v) is 8.42. The summed E-state index contributed by atoms with van der Waals surface area (Å²) in [6.45, 7) is 2.24. The van der Waals surface area contributed by atoms with Crippen LogP contribution in [0.15, 0.2) is 42.5 Å². The number of fused-ring (bicyclic) bond motifs is 2. The van der Waals surface area contributed by atoms with E-state index in [2.05, 4.69) is 26.7 Å². The van der Waals surface area contributed by atoms with Crippen LogP contribution in [0.1, 0.15) is 5.69 Å². The fourth-order valence-corrected chi connectivity index (χ4v) is 3.41. The first-order valence-electron chi connectivity index (χ1n) is 8.42. The molecule has 8 heteroatoms. The Morgan fingerprint density at radius 3 is 2.56 bits per heavy atom. The van der Waals surface area contributed by atoms with Crippen LogP contribution >= 0.6 is 0 Å². The van der Waals surface area contributed by atoms with Crippen molar-refractivity contribution in [3.8, 4) is 34.5 Å². The van der Waals surface area contributed by atoms with Crippen LogP contribution in [-0.2, 0) is 0 Å². The minimum Gasteiger partial charge on any atom is -0.497 e. The van der Waals surface area contributed by atoms with E-state index in [1.807, 2.05) is 47.9 Å². The molecule has 0 saturated heterocycles. The smallest absolute Gasteiger partial charge is 0.483 e. The second-order valence-corrected chi connectivity index (χ2v) is 6.20. The van der Waals surface area contributed by atoms with Gasteiger partial charge in [0.05, 0.1) is 17.9 Å². The maximum atomic E-state index is 5.59. The van der Waals surface area contributed by atoms with Crippen molar-refractivity contribution in [1.82, 2.24) is 20.6 Å². The van der Waals surface area contributed by atoms with Gasteiger partial charge in [0.15, 0.2) is 11.5 Å². The molecule has 5 rings (SSSR count). The summed E-state index contributed by atoms with van der Waals surface area (Å²) < 4.78 is 18.4. The van der Waals surface area contributed by atoms with Gasteiger partial charge in [0.1, 0.15) is 11.4 Å². The van der Waals surface area contributed by atoms with E-state index in [1.165, 1.54) is 0 Å². The zero-order valence-electron chi connectivity index (χ0n) is 14.8. The standard InChI is InChI=1S/C19H16N5O3/c1-11-7-13-8-16-17(27-10-26-16)9-15(13)18(24(11)19-20-22-23-21-19)12-3-5-14(25-2)6-4-12/h3-9H,10H2,1-2H3,(H,20,21,22,23)/q+1. The van der Waals surface area contributed by atoms with E-state index in [4.69, 9.17) is 14.2 Å². The summed E-state index contributed by atoms with van der Waals surface area (Å²) >= 11 is 0. The molecule has 8 nitrogen and oxygen atoms in total. The third-order valence-corrected chi connectivity index (χ3v) is 4.64. The van der Waals surface area contributed by atoms with Gasteiger partial charge < -0.3 is 14.2 Å². The van der Waals surface area contributed by atoms with E-state index in [0.29, 0.717) is 5.95 Å². The molecule has 1 N–H and O–H groups in total. The molecule has 1 aliphatic heterocycles. The number of aromatic nitrogens is 5. The molecule has 0 spiro atoms. The Hall–Kier alpha value is -3.68. The first kappa shape index (κ1) is 15.6. The molecule has 134 valence electrons. The Bertz CT molecular complexity index is 1140. The first-order chi connectivity index (χ1) is 13.2. The molecule has 0 aliphatic carbocycles. The van der Waals surface area contributed by atoms with Crippen LogP contribution in [0.2, 0.25) is 0 Å². The Balaban J connectivity index is 1.87. The van der Waals surface area contributed by atoms with Gasteiger partial charge >= 0.3 is 5.95 Å². The minimum absolute atomic E-state index is 0.230. The highest BCUT2D eigenvalue weighted by atomic mass is 16.7. The molecule has 3 heterocycles. The Labute approximate surface area is 154 Å². The Morgan fingerprint density at radius 2 is 1.85 bits per heavy atom. The number of aryl methyl sites for hydroxylation is 1. The van der Waals surface area contributed by atoms with E-state index < -0.39 is 0 Å². The average Bonchev–Trinajstić information content (AvgIpc) is 3.37. The van der Waals surface area contributed by atoms with Gasteiger partial charge in [0.25, 0.3) is 0 Å². The van der Waals surface area contributed by atoms with Crippen LogP contribution in [-0.4, -0.2) is 34.5 Å². The molecular weight excluding hydrogens is 346 g/mol. The van der Waals surface area contributed by atoms with E-state index >= 15 is 0 Å². The predicted octanol–water partition coefficient (Wildman–Crippen LogP) is 2.34.